The fourth-order valence-electron chi connectivity index (χ4n) is 0.254. The molecule has 0 rings (SSSR count). The first-order valence-corrected chi connectivity index (χ1v) is 4.48. The molecule has 0 amide bonds. The average molecular weight is 358 g/mol. The summed E-state index contributed by atoms with van der Waals surface area (Å²) in [6.07, 6.45) is -1.77. The van der Waals surface area contributed by atoms with Gasteiger partial charge in [-0.3, -0.25) is 0 Å². The maximum atomic E-state index is 9.70. The first-order chi connectivity index (χ1) is 5.02. The summed E-state index contributed by atoms with van der Waals surface area (Å²) in [5, 5.41) is 8.47. The molecule has 0 radical (unpaired) electrons. The second-order valence-corrected chi connectivity index (χ2v) is 2.67. The monoisotopic (exact) mass is 358 g/mol. The topological polar surface area (TPSA) is 131 Å². The minimum Gasteiger partial charge on any atom is -0.820 e. The molecule has 0 fully saturated rings. The number of aliphatic hydroxyl groups excluding tert-OH is 1. The molecule has 15 heavy (non-hydrogen) atoms. The standard InChI is InChI=1S/C2H4O7P2.4K/c3-2(9-11(6)7)1-8-10(4)5;;;;/h2-3H,1H2;;;;/q-4;4*+1. The molecular weight excluding hydrogens is 354 g/mol. The van der Waals surface area contributed by atoms with Crippen LogP contribution < -0.4 is 225 Å². The number of aliphatic hydroxyl groups is 1. The van der Waals surface area contributed by atoms with Crippen molar-refractivity contribution in [1.29, 1.82) is 0 Å². The van der Waals surface area contributed by atoms with Crippen molar-refractivity contribution in [3.8, 4) is 0 Å². The molecule has 13 heteroatoms. The van der Waals surface area contributed by atoms with Crippen LogP contribution in [-0.2, 0) is 9.05 Å². The van der Waals surface area contributed by atoms with Crippen molar-refractivity contribution in [3.05, 3.63) is 0 Å². The van der Waals surface area contributed by atoms with Gasteiger partial charge in [-0.15, -0.1) is 0 Å². The SMILES string of the molecule is [K+].[K+].[K+].[K+].[O-]P([O-])OCC(O)OP([O-])[O-]. The van der Waals surface area contributed by atoms with Crippen molar-refractivity contribution in [2.75, 3.05) is 6.61 Å². The Morgan fingerprint density at radius 3 is 1.60 bits per heavy atom. The van der Waals surface area contributed by atoms with Crippen LogP contribution in [0.4, 0.5) is 0 Å². The Morgan fingerprint density at radius 1 is 0.933 bits per heavy atom. The van der Waals surface area contributed by atoms with E-state index in [-0.39, 0.29) is 206 Å². The quantitative estimate of drug-likeness (QED) is 0.293. The van der Waals surface area contributed by atoms with Gasteiger partial charge in [-0.1, -0.05) is 0 Å². The van der Waals surface area contributed by atoms with E-state index >= 15 is 0 Å². The molecule has 0 heterocycles. The van der Waals surface area contributed by atoms with Crippen molar-refractivity contribution in [1.82, 2.24) is 0 Å². The van der Waals surface area contributed by atoms with Gasteiger partial charge < -0.3 is 33.7 Å². The minimum absolute atomic E-state index is 0. The molecular formula is C2H4K4O7P2. The molecule has 1 atom stereocenters. The smallest absolute Gasteiger partial charge is 0.820 e. The van der Waals surface area contributed by atoms with Gasteiger partial charge in [-0.25, -0.2) is 0 Å². The molecule has 68 valence electrons. The van der Waals surface area contributed by atoms with Gasteiger partial charge in [0.25, 0.3) is 0 Å². The summed E-state index contributed by atoms with van der Waals surface area (Å²) in [4.78, 5) is 38.8. The van der Waals surface area contributed by atoms with Crippen LogP contribution in [0.25, 0.3) is 0 Å². The van der Waals surface area contributed by atoms with Crippen molar-refractivity contribution in [3.63, 3.8) is 0 Å². The Hall–Kier alpha value is 7.13. The van der Waals surface area contributed by atoms with Crippen LogP contribution in [0.2, 0.25) is 0 Å². The van der Waals surface area contributed by atoms with Crippen LogP contribution in [0.1, 0.15) is 0 Å². The van der Waals surface area contributed by atoms with Gasteiger partial charge in [-0.2, -0.15) is 17.2 Å². The first kappa shape index (κ1) is 33.7. The molecule has 1 unspecified atom stereocenters. The fourth-order valence-corrected chi connectivity index (χ4v) is 0.763. The van der Waals surface area contributed by atoms with Crippen molar-refractivity contribution in [2.24, 2.45) is 0 Å². The Kier molecular flexibility index (Phi) is 52.5. The normalized spacial score (nSPS) is 10.6. The summed E-state index contributed by atoms with van der Waals surface area (Å²) < 4.78 is 7.53. The van der Waals surface area contributed by atoms with E-state index in [1.54, 1.807) is 0 Å². The molecule has 0 aliphatic carbocycles. The second kappa shape index (κ2) is 23.4. The third kappa shape index (κ3) is 29.7. The maximum absolute atomic E-state index is 9.70. The molecule has 0 aromatic heterocycles. The van der Waals surface area contributed by atoms with Gasteiger partial charge in [0.05, 0.1) is 6.61 Å². The van der Waals surface area contributed by atoms with Gasteiger partial charge in [0.2, 0.25) is 0 Å². The molecule has 0 saturated heterocycles. The first-order valence-electron chi connectivity index (χ1n) is 2.29. The van der Waals surface area contributed by atoms with Crippen LogP contribution in [0.3, 0.4) is 0 Å². The van der Waals surface area contributed by atoms with E-state index in [0.717, 1.165) is 0 Å². The Bertz CT molecular complexity index is 109. The third-order valence-electron chi connectivity index (χ3n) is 0.530. The fraction of sp³-hybridized carbons (Fsp3) is 1.00. The number of hydrogen-bond donors (Lipinski definition) is 1. The number of hydrogen-bond acceptors (Lipinski definition) is 7. The summed E-state index contributed by atoms with van der Waals surface area (Å²) in [5.41, 5.74) is 0. The molecule has 0 aromatic carbocycles. The summed E-state index contributed by atoms with van der Waals surface area (Å²) in [6, 6.07) is 0. The van der Waals surface area contributed by atoms with E-state index in [4.69, 9.17) is 5.11 Å². The molecule has 1 N–H and O–H groups in total. The Balaban J connectivity index is -0.0000000833. The molecule has 0 spiro atoms. The van der Waals surface area contributed by atoms with Gasteiger partial charge in [0.15, 0.2) is 6.29 Å². The minimum atomic E-state index is -3.20. The van der Waals surface area contributed by atoms with Crippen molar-refractivity contribution >= 4 is 17.2 Å². The van der Waals surface area contributed by atoms with E-state index in [0.29, 0.717) is 0 Å². The van der Waals surface area contributed by atoms with E-state index in [1.807, 2.05) is 0 Å². The average Bonchev–Trinajstić information content (AvgIpc) is 1.82. The van der Waals surface area contributed by atoms with E-state index in [1.165, 1.54) is 0 Å². The van der Waals surface area contributed by atoms with E-state index in [9.17, 15) is 19.6 Å². The van der Waals surface area contributed by atoms with Crippen LogP contribution in [-0.4, -0.2) is 18.0 Å². The third-order valence-corrected chi connectivity index (χ3v) is 1.31. The predicted octanol–water partition coefficient (Wildman–Crippen LogP) is -15.8. The molecule has 0 saturated carbocycles. The van der Waals surface area contributed by atoms with Gasteiger partial charge in [-0.05, 0) is 0 Å². The predicted molar refractivity (Wildman–Crippen MR) is 26.9 cm³/mol. The van der Waals surface area contributed by atoms with E-state index < -0.39 is 30.1 Å². The largest absolute Gasteiger partial charge is 1.00 e. The van der Waals surface area contributed by atoms with Crippen LogP contribution in [0, 0.1) is 0 Å². The number of rotatable bonds is 5. The Morgan fingerprint density at radius 2 is 1.33 bits per heavy atom. The molecule has 0 bridgehead atoms. The zero-order valence-corrected chi connectivity index (χ0v) is 23.4. The van der Waals surface area contributed by atoms with Gasteiger partial charge >= 0.3 is 206 Å². The van der Waals surface area contributed by atoms with Crippen LogP contribution in [0.15, 0.2) is 0 Å². The zero-order chi connectivity index (χ0) is 8.85. The summed E-state index contributed by atoms with van der Waals surface area (Å²) in [5.74, 6) is 0. The molecule has 7 nitrogen and oxygen atoms in total. The molecule has 0 aliphatic heterocycles. The van der Waals surface area contributed by atoms with Crippen LogP contribution >= 0.6 is 17.2 Å². The van der Waals surface area contributed by atoms with Crippen molar-refractivity contribution < 1.29 is 239 Å². The van der Waals surface area contributed by atoms with E-state index in [2.05, 4.69) is 9.05 Å². The second-order valence-electron chi connectivity index (χ2n) is 1.30. The van der Waals surface area contributed by atoms with Gasteiger partial charge in [0, 0.05) is 0 Å². The maximum Gasteiger partial charge on any atom is 1.00 e. The summed E-state index contributed by atoms with van der Waals surface area (Å²) >= 11 is 0. The molecule has 0 aliphatic rings. The zero-order valence-electron chi connectivity index (χ0n) is 9.08. The summed E-state index contributed by atoms with van der Waals surface area (Å²) in [7, 11) is -6.29. The van der Waals surface area contributed by atoms with Crippen molar-refractivity contribution in [2.45, 2.75) is 6.29 Å². The van der Waals surface area contributed by atoms with Gasteiger partial charge in [0.1, 0.15) is 0 Å². The van der Waals surface area contributed by atoms with Crippen LogP contribution in [0.5, 0.6) is 0 Å². The Labute approximate surface area is 261 Å². The summed E-state index contributed by atoms with van der Waals surface area (Å²) in [6.45, 7) is -0.734. The molecule has 0 aromatic rings.